The van der Waals surface area contributed by atoms with E-state index in [1.807, 2.05) is 0 Å². The molecule has 2 N–H and O–H groups in total. The number of benzene rings is 1. The lowest BCUT2D eigenvalue weighted by atomic mass is 10.0. The molecule has 1 aromatic rings. The molecule has 16 heavy (non-hydrogen) atoms. The molecule has 4 nitrogen and oxygen atoms in total. The van der Waals surface area contributed by atoms with Gasteiger partial charge in [-0.05, 0) is 37.6 Å². The van der Waals surface area contributed by atoms with E-state index in [-0.39, 0.29) is 16.7 Å². The first-order chi connectivity index (χ1) is 7.48. The summed E-state index contributed by atoms with van der Waals surface area (Å²) >= 11 is 0. The molecule has 88 valence electrons. The number of aromatic hydroxyl groups is 1. The Bertz CT molecular complexity index is 490. The van der Waals surface area contributed by atoms with Gasteiger partial charge in [0.25, 0.3) is 0 Å². The number of phenols is 1. The van der Waals surface area contributed by atoms with E-state index in [0.717, 1.165) is 19.4 Å². The molecule has 1 fully saturated rings. The fraction of sp³-hybridized carbons (Fsp3) is 0.455. The first kappa shape index (κ1) is 11.4. The molecular weight excluding hydrogens is 226 g/mol. The average molecular weight is 241 g/mol. The lowest BCUT2D eigenvalue weighted by molar-refractivity contribution is 0.456. The number of hydrogen-bond acceptors (Lipinski definition) is 4. The van der Waals surface area contributed by atoms with Crippen molar-refractivity contribution in [1.29, 1.82) is 0 Å². The highest BCUT2D eigenvalue weighted by Crippen LogP contribution is 2.31. The molecular formula is C11H15NO3S. The SMILES string of the molecule is CS(=O)(=O)c1ccc(O)c([C@H]2CCCN2)c1. The van der Waals surface area contributed by atoms with Crippen LogP contribution < -0.4 is 5.32 Å². The molecule has 5 heteroatoms. The summed E-state index contributed by atoms with van der Waals surface area (Å²) in [6, 6.07) is 4.52. The molecule has 0 aromatic heterocycles. The minimum Gasteiger partial charge on any atom is -0.508 e. The van der Waals surface area contributed by atoms with E-state index in [1.54, 1.807) is 6.07 Å². The Labute approximate surface area is 95.2 Å². The quantitative estimate of drug-likeness (QED) is 0.817. The molecule has 0 bridgehead atoms. The van der Waals surface area contributed by atoms with E-state index in [9.17, 15) is 13.5 Å². The maximum absolute atomic E-state index is 11.4. The van der Waals surface area contributed by atoms with Crippen LogP contribution in [0.5, 0.6) is 5.75 Å². The zero-order valence-corrected chi connectivity index (χ0v) is 9.92. The second kappa shape index (κ2) is 4.07. The molecule has 1 atom stereocenters. The Morgan fingerprint density at radius 2 is 2.19 bits per heavy atom. The molecule has 0 radical (unpaired) electrons. The van der Waals surface area contributed by atoms with Crippen molar-refractivity contribution < 1.29 is 13.5 Å². The highest BCUT2D eigenvalue weighted by molar-refractivity contribution is 7.90. The van der Waals surface area contributed by atoms with E-state index in [4.69, 9.17) is 0 Å². The van der Waals surface area contributed by atoms with Crippen LogP contribution in [0.2, 0.25) is 0 Å². The lowest BCUT2D eigenvalue weighted by Crippen LogP contribution is -2.13. The number of phenolic OH excluding ortho intramolecular Hbond substituents is 1. The molecule has 0 aliphatic carbocycles. The van der Waals surface area contributed by atoms with Gasteiger partial charge in [-0.25, -0.2) is 8.42 Å². The van der Waals surface area contributed by atoms with Crippen molar-refractivity contribution in [2.75, 3.05) is 12.8 Å². The second-order valence-corrected chi connectivity index (χ2v) is 6.16. The van der Waals surface area contributed by atoms with Crippen molar-refractivity contribution in [3.63, 3.8) is 0 Å². The summed E-state index contributed by atoms with van der Waals surface area (Å²) in [4.78, 5) is 0.258. The first-order valence-corrected chi connectivity index (χ1v) is 7.14. The van der Waals surface area contributed by atoms with Crippen molar-refractivity contribution in [1.82, 2.24) is 5.32 Å². The van der Waals surface area contributed by atoms with Crippen molar-refractivity contribution in [3.8, 4) is 5.75 Å². The maximum atomic E-state index is 11.4. The van der Waals surface area contributed by atoms with Gasteiger partial charge in [0.05, 0.1) is 4.90 Å². The van der Waals surface area contributed by atoms with E-state index in [1.165, 1.54) is 18.4 Å². The minimum atomic E-state index is -3.21. The van der Waals surface area contributed by atoms with Crippen LogP contribution in [0.15, 0.2) is 23.1 Å². The van der Waals surface area contributed by atoms with Crippen molar-refractivity contribution >= 4 is 9.84 Å². The Morgan fingerprint density at radius 1 is 1.44 bits per heavy atom. The van der Waals surface area contributed by atoms with Crippen LogP contribution in [0, 0.1) is 0 Å². The fourth-order valence-corrected chi connectivity index (χ4v) is 2.65. The standard InChI is InChI=1S/C11H15NO3S/c1-16(14,15)8-4-5-11(13)9(7-8)10-3-2-6-12-10/h4-5,7,10,12-13H,2-3,6H2,1H3/t10-/m1/s1. The topological polar surface area (TPSA) is 66.4 Å². The number of sulfone groups is 1. The summed E-state index contributed by atoms with van der Waals surface area (Å²) in [5.74, 6) is 0.159. The van der Waals surface area contributed by atoms with Crippen LogP contribution in [0.3, 0.4) is 0 Å². The molecule has 0 spiro atoms. The fourth-order valence-electron chi connectivity index (χ4n) is 1.99. The smallest absolute Gasteiger partial charge is 0.175 e. The maximum Gasteiger partial charge on any atom is 0.175 e. The van der Waals surface area contributed by atoms with Crippen LogP contribution in [0.4, 0.5) is 0 Å². The molecule has 1 aliphatic rings. The summed E-state index contributed by atoms with van der Waals surface area (Å²) in [6.45, 7) is 0.910. The third-order valence-corrected chi connectivity index (χ3v) is 3.97. The van der Waals surface area contributed by atoms with Crippen molar-refractivity contribution in [2.45, 2.75) is 23.8 Å². The van der Waals surface area contributed by atoms with Crippen LogP contribution >= 0.6 is 0 Å². The number of nitrogens with one attached hydrogen (secondary N) is 1. The highest BCUT2D eigenvalue weighted by atomic mass is 32.2. The summed E-state index contributed by atoms with van der Waals surface area (Å²) in [7, 11) is -3.21. The van der Waals surface area contributed by atoms with Crippen LogP contribution in [0.25, 0.3) is 0 Å². The molecule has 2 rings (SSSR count). The van der Waals surface area contributed by atoms with Gasteiger partial charge >= 0.3 is 0 Å². The summed E-state index contributed by atoms with van der Waals surface area (Å²) in [5.41, 5.74) is 0.681. The second-order valence-electron chi connectivity index (χ2n) is 4.14. The molecule has 0 amide bonds. The minimum absolute atomic E-state index is 0.0710. The van der Waals surface area contributed by atoms with Gasteiger partial charge < -0.3 is 10.4 Å². The molecule has 0 saturated carbocycles. The molecule has 1 aromatic carbocycles. The average Bonchev–Trinajstić information content (AvgIpc) is 2.69. The Balaban J connectivity index is 2.44. The zero-order valence-electron chi connectivity index (χ0n) is 9.10. The third kappa shape index (κ3) is 2.20. The Kier molecular flexibility index (Phi) is 2.90. The van der Waals surface area contributed by atoms with Crippen LogP contribution in [-0.4, -0.2) is 26.3 Å². The van der Waals surface area contributed by atoms with E-state index in [0.29, 0.717) is 5.56 Å². The van der Waals surface area contributed by atoms with Crippen molar-refractivity contribution in [3.05, 3.63) is 23.8 Å². The van der Waals surface area contributed by atoms with Gasteiger partial charge in [0.2, 0.25) is 0 Å². The van der Waals surface area contributed by atoms with Crippen molar-refractivity contribution in [2.24, 2.45) is 0 Å². The summed E-state index contributed by atoms with van der Waals surface area (Å²) < 4.78 is 22.8. The van der Waals surface area contributed by atoms with Gasteiger partial charge in [0.15, 0.2) is 9.84 Å². The largest absolute Gasteiger partial charge is 0.508 e. The van der Waals surface area contributed by atoms with Gasteiger partial charge in [0.1, 0.15) is 5.75 Å². The summed E-state index contributed by atoms with van der Waals surface area (Å²) in [5, 5.41) is 13.0. The van der Waals surface area contributed by atoms with Gasteiger partial charge in [-0.1, -0.05) is 0 Å². The van der Waals surface area contributed by atoms with E-state index in [2.05, 4.69) is 5.32 Å². The lowest BCUT2D eigenvalue weighted by Gasteiger charge is -2.13. The Morgan fingerprint density at radius 3 is 2.75 bits per heavy atom. The molecule has 0 unspecified atom stereocenters. The normalized spacial score (nSPS) is 21.2. The predicted molar refractivity (Wildman–Crippen MR) is 61.2 cm³/mol. The van der Waals surface area contributed by atoms with Gasteiger partial charge in [-0.3, -0.25) is 0 Å². The van der Waals surface area contributed by atoms with Crippen LogP contribution in [-0.2, 0) is 9.84 Å². The van der Waals surface area contributed by atoms with E-state index < -0.39 is 9.84 Å². The van der Waals surface area contributed by atoms with E-state index >= 15 is 0 Å². The zero-order chi connectivity index (χ0) is 11.8. The molecule has 1 heterocycles. The number of rotatable bonds is 2. The van der Waals surface area contributed by atoms with Gasteiger partial charge in [-0.15, -0.1) is 0 Å². The summed E-state index contributed by atoms with van der Waals surface area (Å²) in [6.07, 6.45) is 3.15. The monoisotopic (exact) mass is 241 g/mol. The highest BCUT2D eigenvalue weighted by Gasteiger charge is 2.21. The van der Waals surface area contributed by atoms with Gasteiger partial charge in [0, 0.05) is 17.9 Å². The predicted octanol–water partition coefficient (Wildman–Crippen LogP) is 1.22. The first-order valence-electron chi connectivity index (χ1n) is 5.25. The van der Waals surface area contributed by atoms with Gasteiger partial charge in [-0.2, -0.15) is 0 Å². The molecule has 1 saturated heterocycles. The molecule has 1 aliphatic heterocycles. The number of hydrogen-bond donors (Lipinski definition) is 2. The Hall–Kier alpha value is -1.07. The third-order valence-electron chi connectivity index (χ3n) is 2.86. The van der Waals surface area contributed by atoms with Crippen LogP contribution in [0.1, 0.15) is 24.4 Å².